The van der Waals surface area contributed by atoms with Gasteiger partial charge in [0, 0.05) is 6.04 Å². The Morgan fingerprint density at radius 1 is 0.889 bits per heavy atom. The molecule has 1 heteroatoms. The molecule has 2 rings (SSSR count). The molecule has 1 nitrogen and oxygen atoms in total. The minimum atomic E-state index is 0.515. The van der Waals surface area contributed by atoms with Gasteiger partial charge in [0.05, 0.1) is 0 Å². The lowest BCUT2D eigenvalue weighted by atomic mass is 9.76. The predicted molar refractivity (Wildman–Crippen MR) is 79.8 cm³/mol. The van der Waals surface area contributed by atoms with Gasteiger partial charge in [0.25, 0.3) is 0 Å². The zero-order chi connectivity index (χ0) is 13.0. The Labute approximate surface area is 114 Å². The summed E-state index contributed by atoms with van der Waals surface area (Å²) in [7, 11) is 0. The maximum Gasteiger partial charge on any atom is 0.00671 e. The van der Waals surface area contributed by atoms with E-state index >= 15 is 0 Å². The summed E-state index contributed by atoms with van der Waals surface area (Å²) in [6, 6.07) is 0.817. The van der Waals surface area contributed by atoms with Crippen molar-refractivity contribution in [1.29, 1.82) is 0 Å². The Bertz CT molecular complexity index is 236. The van der Waals surface area contributed by atoms with Crippen molar-refractivity contribution >= 4 is 0 Å². The third-order valence-electron chi connectivity index (χ3n) is 5.40. The smallest absolute Gasteiger partial charge is 0.00671 e. The fourth-order valence-electron chi connectivity index (χ4n) is 3.64. The summed E-state index contributed by atoms with van der Waals surface area (Å²) in [5, 5.41) is 3.83. The van der Waals surface area contributed by atoms with E-state index in [2.05, 4.69) is 26.1 Å². The van der Waals surface area contributed by atoms with Gasteiger partial charge in [-0.3, -0.25) is 0 Å². The van der Waals surface area contributed by atoms with Crippen molar-refractivity contribution in [2.24, 2.45) is 17.3 Å². The van der Waals surface area contributed by atoms with Crippen molar-refractivity contribution < 1.29 is 0 Å². The van der Waals surface area contributed by atoms with Crippen LogP contribution in [0, 0.1) is 17.3 Å². The summed E-state index contributed by atoms with van der Waals surface area (Å²) >= 11 is 0. The van der Waals surface area contributed by atoms with E-state index in [9.17, 15) is 0 Å². The van der Waals surface area contributed by atoms with Gasteiger partial charge < -0.3 is 5.32 Å². The Kier molecular flexibility index (Phi) is 5.12. The molecule has 106 valence electrons. The average Bonchev–Trinajstić information content (AvgIpc) is 2.46. The first-order valence-corrected chi connectivity index (χ1v) is 8.29. The number of rotatable bonds is 4. The molecule has 0 aromatic carbocycles. The lowest BCUT2D eigenvalue weighted by molar-refractivity contribution is 0.213. The monoisotopic (exact) mass is 251 g/mol. The number of nitrogens with one attached hydrogen (secondary N) is 1. The maximum absolute atomic E-state index is 3.83. The van der Waals surface area contributed by atoms with E-state index in [1.54, 1.807) is 0 Å². The van der Waals surface area contributed by atoms with Crippen LogP contribution in [-0.2, 0) is 0 Å². The highest BCUT2D eigenvalue weighted by Gasteiger charge is 2.27. The zero-order valence-corrected chi connectivity index (χ0v) is 12.8. The SMILES string of the molecule is CC(C)(C)C1CCCC(NCCC2CCC2)CC1. The van der Waals surface area contributed by atoms with E-state index in [-0.39, 0.29) is 0 Å². The molecule has 0 heterocycles. The molecular weight excluding hydrogens is 218 g/mol. The first-order valence-electron chi connectivity index (χ1n) is 8.29. The van der Waals surface area contributed by atoms with Gasteiger partial charge >= 0.3 is 0 Å². The largest absolute Gasteiger partial charge is 0.314 e. The second-order valence-electron chi connectivity index (χ2n) is 7.81. The van der Waals surface area contributed by atoms with Gasteiger partial charge in [-0.15, -0.1) is 0 Å². The minimum absolute atomic E-state index is 0.515. The van der Waals surface area contributed by atoms with Gasteiger partial charge in [-0.1, -0.05) is 46.5 Å². The Morgan fingerprint density at radius 3 is 2.22 bits per heavy atom. The van der Waals surface area contributed by atoms with Gasteiger partial charge in [0.2, 0.25) is 0 Å². The Morgan fingerprint density at radius 2 is 1.61 bits per heavy atom. The molecule has 0 amide bonds. The van der Waals surface area contributed by atoms with Gasteiger partial charge in [0.15, 0.2) is 0 Å². The third kappa shape index (κ3) is 4.26. The van der Waals surface area contributed by atoms with E-state index in [1.807, 2.05) is 0 Å². The molecular formula is C17H33N. The molecule has 1 N–H and O–H groups in total. The van der Waals surface area contributed by atoms with Crippen molar-refractivity contribution in [1.82, 2.24) is 5.32 Å². The van der Waals surface area contributed by atoms with Crippen LogP contribution in [0.25, 0.3) is 0 Å². The van der Waals surface area contributed by atoms with E-state index in [4.69, 9.17) is 0 Å². The highest BCUT2D eigenvalue weighted by atomic mass is 14.9. The van der Waals surface area contributed by atoms with Crippen LogP contribution >= 0.6 is 0 Å². The predicted octanol–water partition coefficient (Wildman–Crippen LogP) is 4.76. The standard InChI is InChI=1S/C17H33N/c1-17(2,3)15-8-5-9-16(11-10-15)18-13-12-14-6-4-7-14/h14-16,18H,4-13H2,1-3H3. The van der Waals surface area contributed by atoms with Crippen LogP contribution < -0.4 is 5.32 Å². The van der Waals surface area contributed by atoms with Gasteiger partial charge in [-0.05, 0) is 55.9 Å². The van der Waals surface area contributed by atoms with Crippen molar-refractivity contribution in [2.75, 3.05) is 6.54 Å². The second kappa shape index (κ2) is 6.41. The molecule has 2 saturated carbocycles. The zero-order valence-electron chi connectivity index (χ0n) is 12.8. The number of hydrogen-bond donors (Lipinski definition) is 1. The molecule has 0 aliphatic heterocycles. The lowest BCUT2D eigenvalue weighted by Crippen LogP contribution is -2.31. The summed E-state index contributed by atoms with van der Waals surface area (Å²) in [6.07, 6.45) is 13.1. The van der Waals surface area contributed by atoms with Crippen LogP contribution in [0.5, 0.6) is 0 Å². The van der Waals surface area contributed by atoms with Crippen LogP contribution in [0.3, 0.4) is 0 Å². The minimum Gasteiger partial charge on any atom is -0.314 e. The third-order valence-corrected chi connectivity index (χ3v) is 5.40. The maximum atomic E-state index is 3.83. The quantitative estimate of drug-likeness (QED) is 0.710. The van der Waals surface area contributed by atoms with Crippen LogP contribution in [0.2, 0.25) is 0 Å². The molecule has 0 aromatic rings. The second-order valence-corrected chi connectivity index (χ2v) is 7.81. The highest BCUT2D eigenvalue weighted by Crippen LogP contribution is 2.36. The Hall–Kier alpha value is -0.0400. The molecule has 0 saturated heterocycles. The first kappa shape index (κ1) is 14.4. The van der Waals surface area contributed by atoms with E-state index in [0.29, 0.717) is 5.41 Å². The van der Waals surface area contributed by atoms with E-state index in [0.717, 1.165) is 17.9 Å². The topological polar surface area (TPSA) is 12.0 Å². The van der Waals surface area contributed by atoms with Crippen molar-refractivity contribution in [3.8, 4) is 0 Å². The normalized spacial score (nSPS) is 30.8. The van der Waals surface area contributed by atoms with Crippen molar-refractivity contribution in [3.63, 3.8) is 0 Å². The van der Waals surface area contributed by atoms with E-state index < -0.39 is 0 Å². The highest BCUT2D eigenvalue weighted by molar-refractivity contribution is 4.81. The van der Waals surface area contributed by atoms with Crippen molar-refractivity contribution in [2.45, 2.75) is 84.6 Å². The van der Waals surface area contributed by atoms with Crippen molar-refractivity contribution in [3.05, 3.63) is 0 Å². The molecule has 0 spiro atoms. The summed E-state index contributed by atoms with van der Waals surface area (Å²) in [6.45, 7) is 8.53. The summed E-state index contributed by atoms with van der Waals surface area (Å²) in [4.78, 5) is 0. The molecule has 2 unspecified atom stereocenters. The Balaban J connectivity index is 1.65. The molecule has 0 radical (unpaired) electrons. The molecule has 2 fully saturated rings. The van der Waals surface area contributed by atoms with E-state index in [1.165, 1.54) is 64.3 Å². The lowest BCUT2D eigenvalue weighted by Gasteiger charge is -2.30. The molecule has 18 heavy (non-hydrogen) atoms. The van der Waals surface area contributed by atoms with Crippen LogP contribution in [0.1, 0.15) is 78.6 Å². The molecule has 2 atom stereocenters. The first-order chi connectivity index (χ1) is 8.55. The summed E-state index contributed by atoms with van der Waals surface area (Å²) in [5.74, 6) is 2.00. The fourth-order valence-corrected chi connectivity index (χ4v) is 3.64. The van der Waals surface area contributed by atoms with Gasteiger partial charge in [-0.25, -0.2) is 0 Å². The van der Waals surface area contributed by atoms with Gasteiger partial charge in [0.1, 0.15) is 0 Å². The summed E-state index contributed by atoms with van der Waals surface area (Å²) < 4.78 is 0. The molecule has 0 bridgehead atoms. The van der Waals surface area contributed by atoms with Gasteiger partial charge in [-0.2, -0.15) is 0 Å². The molecule has 2 aliphatic rings. The fraction of sp³-hybridized carbons (Fsp3) is 1.00. The average molecular weight is 251 g/mol. The summed E-state index contributed by atoms with van der Waals surface area (Å²) in [5.41, 5.74) is 0.515. The molecule has 2 aliphatic carbocycles. The number of hydrogen-bond acceptors (Lipinski definition) is 1. The van der Waals surface area contributed by atoms with Crippen LogP contribution in [-0.4, -0.2) is 12.6 Å². The van der Waals surface area contributed by atoms with Crippen LogP contribution in [0.4, 0.5) is 0 Å². The molecule has 0 aromatic heterocycles. The van der Waals surface area contributed by atoms with Crippen LogP contribution in [0.15, 0.2) is 0 Å².